The molecule has 0 saturated carbocycles. The van der Waals surface area contributed by atoms with Crippen LogP contribution in [0.3, 0.4) is 0 Å². The first-order chi connectivity index (χ1) is 39.0. The van der Waals surface area contributed by atoms with Gasteiger partial charge in [-0.15, -0.1) is 0 Å². The lowest BCUT2D eigenvalue weighted by Gasteiger charge is -2.48. The number of aliphatic hydroxyl groups excluding tert-OH is 20. The van der Waals surface area contributed by atoms with Gasteiger partial charge in [-0.05, 0) is 0 Å². The molecule has 37 nitrogen and oxygen atoms in total. The molecule has 36 atom stereocenters. The van der Waals surface area contributed by atoms with E-state index in [0.717, 1.165) is 0 Å². The molecule has 82 heavy (non-hydrogen) atoms. The lowest BCUT2D eigenvalue weighted by molar-refractivity contribution is -0.390. The van der Waals surface area contributed by atoms with Crippen LogP contribution < -0.4 is 0 Å². The van der Waals surface area contributed by atoms with Gasteiger partial charge in [0.2, 0.25) is 0 Å². The molecule has 0 aliphatic carbocycles. The van der Waals surface area contributed by atoms with Gasteiger partial charge in [0.15, 0.2) is 56.6 Å². The average Bonchev–Trinajstić information content (AvgIpc) is 4.18. The SMILES string of the molecule is OC[C@H]1O[C@H](O[C@@H]2[C@@H](O)[C@H](O[C@@H]3CO[C@@H](O[C@@H]4CO[C@@H](O[C@@H]5CO[C@@H](O)[C@H](O)[C@H]5O)[C@H](O)[C@H]4O)[C@H](O[C@H]4O[C@H](CO)[C@@H](O)[C@@H]4O)[C@H]3O[C@H]3O[C@H](CO)[C@@H](O)[C@@H]3O)OC[C@H]2O[C@@H]2OC[C@@H](O[C@@H]3OC[C@@H](O)[C@H](O)[C@H]3O)[C@H](O)[C@H]2O)[C@@H](O)[C@@H]1O. The zero-order chi connectivity index (χ0) is 59.2. The van der Waals surface area contributed by atoms with Crippen LogP contribution >= 0.6 is 0 Å². The first-order valence-corrected chi connectivity index (χ1v) is 26.3. The fraction of sp³-hybridized carbons (Fsp3) is 1.00. The van der Waals surface area contributed by atoms with Crippen molar-refractivity contribution in [3.8, 4) is 0 Å². The minimum atomic E-state index is -2.14. The van der Waals surface area contributed by atoms with Crippen LogP contribution in [-0.2, 0) is 80.5 Å². The molecule has 9 saturated heterocycles. The van der Waals surface area contributed by atoms with E-state index in [9.17, 15) is 102 Å². The van der Waals surface area contributed by atoms with E-state index in [1.54, 1.807) is 0 Å². The molecule has 9 heterocycles. The Labute approximate surface area is 463 Å². The monoisotopic (exact) mass is 1210 g/mol. The van der Waals surface area contributed by atoms with E-state index < -0.39 is 281 Å². The Hall–Kier alpha value is -1.48. The van der Waals surface area contributed by atoms with Crippen LogP contribution in [0.15, 0.2) is 0 Å². The highest BCUT2D eigenvalue weighted by Gasteiger charge is 2.58. The zero-order valence-corrected chi connectivity index (χ0v) is 43.0. The van der Waals surface area contributed by atoms with E-state index in [2.05, 4.69) is 0 Å². The van der Waals surface area contributed by atoms with Crippen molar-refractivity contribution in [2.45, 2.75) is 221 Å². The molecule has 9 fully saturated rings. The van der Waals surface area contributed by atoms with Crippen LogP contribution in [0.1, 0.15) is 0 Å². The Bertz CT molecular complexity index is 1980. The van der Waals surface area contributed by atoms with Crippen molar-refractivity contribution in [3.63, 3.8) is 0 Å². The average molecular weight is 1210 g/mol. The molecule has 9 rings (SSSR count). The Morgan fingerprint density at radius 2 is 0.549 bits per heavy atom. The minimum Gasteiger partial charge on any atom is -0.394 e. The van der Waals surface area contributed by atoms with Crippen LogP contribution in [0, 0.1) is 0 Å². The summed E-state index contributed by atoms with van der Waals surface area (Å²) in [4.78, 5) is 0. The third-order valence-electron chi connectivity index (χ3n) is 15.5. The molecule has 0 aromatic heterocycles. The lowest BCUT2D eigenvalue weighted by Crippen LogP contribution is -2.65. The van der Waals surface area contributed by atoms with Crippen molar-refractivity contribution in [2.24, 2.45) is 0 Å². The van der Waals surface area contributed by atoms with Gasteiger partial charge in [-0.1, -0.05) is 0 Å². The molecule has 0 radical (unpaired) electrons. The quantitative estimate of drug-likeness (QED) is 0.0571. The van der Waals surface area contributed by atoms with Gasteiger partial charge in [-0.3, -0.25) is 0 Å². The number of hydrogen-bond donors (Lipinski definition) is 20. The number of rotatable bonds is 19. The first-order valence-electron chi connectivity index (χ1n) is 26.3. The normalized spacial score (nSPS) is 54.1. The van der Waals surface area contributed by atoms with E-state index in [-0.39, 0.29) is 0 Å². The second-order valence-corrected chi connectivity index (χ2v) is 21.0. The van der Waals surface area contributed by atoms with Gasteiger partial charge in [0.1, 0.15) is 165 Å². The van der Waals surface area contributed by atoms with Crippen molar-refractivity contribution in [3.05, 3.63) is 0 Å². The minimum absolute atomic E-state index is 0.459. The summed E-state index contributed by atoms with van der Waals surface area (Å²) >= 11 is 0. The van der Waals surface area contributed by atoms with Crippen molar-refractivity contribution in [1.82, 2.24) is 0 Å². The third-order valence-corrected chi connectivity index (χ3v) is 15.5. The van der Waals surface area contributed by atoms with Gasteiger partial charge in [-0.25, -0.2) is 0 Å². The molecular weight excluding hydrogens is 1130 g/mol. The summed E-state index contributed by atoms with van der Waals surface area (Å²) in [7, 11) is 0. The molecule has 9 aliphatic rings. The van der Waals surface area contributed by atoms with Crippen molar-refractivity contribution in [2.75, 3.05) is 59.5 Å². The summed E-state index contributed by atoms with van der Waals surface area (Å²) in [6, 6.07) is 0. The van der Waals surface area contributed by atoms with Crippen molar-refractivity contribution < 1.29 is 183 Å². The third kappa shape index (κ3) is 13.6. The molecule has 0 bridgehead atoms. The van der Waals surface area contributed by atoms with Crippen LogP contribution in [0.4, 0.5) is 0 Å². The van der Waals surface area contributed by atoms with Gasteiger partial charge in [-0.2, -0.15) is 0 Å². The van der Waals surface area contributed by atoms with Crippen LogP contribution in [0.25, 0.3) is 0 Å². The van der Waals surface area contributed by atoms with Gasteiger partial charge >= 0.3 is 0 Å². The second kappa shape index (κ2) is 27.9. The molecule has 0 amide bonds. The summed E-state index contributed by atoms with van der Waals surface area (Å²) < 4.78 is 98.2. The highest BCUT2D eigenvalue weighted by atomic mass is 16.8. The second-order valence-electron chi connectivity index (χ2n) is 21.0. The highest BCUT2D eigenvalue weighted by molar-refractivity contribution is 4.99. The molecule has 0 spiro atoms. The number of hydrogen-bond acceptors (Lipinski definition) is 37. The number of ether oxygens (including phenoxy) is 17. The Morgan fingerprint density at radius 3 is 0.988 bits per heavy atom. The molecule has 0 unspecified atom stereocenters. The van der Waals surface area contributed by atoms with Gasteiger partial charge < -0.3 is 183 Å². The maximum absolute atomic E-state index is 12.2. The number of aliphatic hydroxyl groups is 20. The molecule has 37 heteroatoms. The molecule has 476 valence electrons. The van der Waals surface area contributed by atoms with E-state index in [0.29, 0.717) is 0 Å². The highest BCUT2D eigenvalue weighted by Crippen LogP contribution is 2.38. The Balaban J connectivity index is 0.959. The maximum atomic E-state index is 12.2. The fourth-order valence-corrected chi connectivity index (χ4v) is 10.5. The van der Waals surface area contributed by atoms with Crippen LogP contribution in [0.2, 0.25) is 0 Å². The summed E-state index contributed by atoms with van der Waals surface area (Å²) in [5, 5.41) is 213. The van der Waals surface area contributed by atoms with Crippen molar-refractivity contribution >= 4 is 0 Å². The van der Waals surface area contributed by atoms with Crippen molar-refractivity contribution in [1.29, 1.82) is 0 Å². The first kappa shape index (κ1) is 65.0. The van der Waals surface area contributed by atoms with Crippen LogP contribution in [0.5, 0.6) is 0 Å². The maximum Gasteiger partial charge on any atom is 0.187 e. The summed E-state index contributed by atoms with van der Waals surface area (Å²) in [6.07, 6.45) is -63.7. The van der Waals surface area contributed by atoms with Crippen LogP contribution in [-0.4, -0.2) is 383 Å². The molecule has 20 N–H and O–H groups in total. The predicted molar refractivity (Wildman–Crippen MR) is 243 cm³/mol. The Morgan fingerprint density at radius 1 is 0.244 bits per heavy atom. The van der Waals surface area contributed by atoms with Gasteiger partial charge in [0.05, 0.1) is 59.5 Å². The largest absolute Gasteiger partial charge is 0.394 e. The van der Waals surface area contributed by atoms with E-state index >= 15 is 0 Å². The molecule has 9 aliphatic heterocycles. The summed E-state index contributed by atoms with van der Waals surface area (Å²) in [5.41, 5.74) is 0. The van der Waals surface area contributed by atoms with Gasteiger partial charge in [0.25, 0.3) is 0 Å². The lowest BCUT2D eigenvalue weighted by atomic mass is 10.0. The fourth-order valence-electron chi connectivity index (χ4n) is 10.5. The van der Waals surface area contributed by atoms with E-state index in [1.165, 1.54) is 0 Å². The Kier molecular flexibility index (Phi) is 22.1. The zero-order valence-electron chi connectivity index (χ0n) is 43.0. The molecule has 0 aromatic carbocycles. The standard InChI is InChI=1S/C45H74O37/c46-1-11-20(51)30(61)42(72-11)80-34-17(78-40-29(60)24(55)15(6-69-40)76-38-27(58)19(50)10(49)4-67-38)8-70-41(33(34)64)79-18-9-71-45(77-16-7-68-39(28(59)25(16)56)75-14-5-66-37(65)26(57)23(14)54)36(82-44-32(63)22(53)13(3-48)74-44)35(18)81-43-31(62)21(52)12(2-47)73-43/h10-65H,1-9H2/t10-,11-,12-,13-,14-,15-,16-,17-,18-,19+,20-,21-,22-,23+,24+,25+,26-,27-,28-,29-,30+,31+,32+,33-,34+,35+,36-,37-,38+,39+,40+,41+,42-,43-,44-,45+/m1/s1. The molecule has 0 aromatic rings. The topological polar surface area (TPSA) is 562 Å². The molecular formula is C45H74O37. The van der Waals surface area contributed by atoms with Gasteiger partial charge in [0, 0.05) is 0 Å². The predicted octanol–water partition coefficient (Wildman–Crippen LogP) is -14.9. The smallest absolute Gasteiger partial charge is 0.187 e. The summed E-state index contributed by atoms with van der Waals surface area (Å²) in [5.74, 6) is 0. The summed E-state index contributed by atoms with van der Waals surface area (Å²) in [6.45, 7) is -6.14. The van der Waals surface area contributed by atoms with E-state index in [1.807, 2.05) is 0 Å². The van der Waals surface area contributed by atoms with E-state index in [4.69, 9.17) is 80.5 Å².